The number of hydrogen-bond acceptors (Lipinski definition) is 2. The van der Waals surface area contributed by atoms with Gasteiger partial charge in [-0.05, 0) is 24.3 Å². The zero-order valence-corrected chi connectivity index (χ0v) is 9.19. The summed E-state index contributed by atoms with van der Waals surface area (Å²) in [6, 6.07) is 15.9. The third kappa shape index (κ3) is 2.67. The maximum absolute atomic E-state index is 4.34. The van der Waals surface area contributed by atoms with Crippen LogP contribution < -0.4 is 9.58 Å². The van der Waals surface area contributed by atoms with E-state index in [1.807, 2.05) is 77.5 Å². The first kappa shape index (κ1) is 10.4. The minimum absolute atomic E-state index is 1.07. The normalized spacial score (nSPS) is 10.6. The van der Waals surface area contributed by atoms with Gasteiger partial charge in [0.25, 0.3) is 0 Å². The molecule has 0 saturated heterocycles. The van der Waals surface area contributed by atoms with E-state index in [4.69, 9.17) is 0 Å². The molecule has 0 bridgehead atoms. The van der Waals surface area contributed by atoms with Crippen LogP contribution in [0.5, 0.6) is 0 Å². The summed E-state index contributed by atoms with van der Waals surface area (Å²) in [6.45, 7) is 0. The molecule has 1 aromatic carbocycles. The van der Waals surface area contributed by atoms with Gasteiger partial charge in [0.05, 0.1) is 25.1 Å². The summed E-state index contributed by atoms with van der Waals surface area (Å²) in [5, 5.41) is 6.17. The van der Waals surface area contributed by atoms with Crippen molar-refractivity contribution < 1.29 is 4.57 Å². The van der Waals surface area contributed by atoms with Crippen LogP contribution in [0.3, 0.4) is 0 Å². The summed E-state index contributed by atoms with van der Waals surface area (Å²) in [4.78, 5) is 0. The van der Waals surface area contributed by atoms with Gasteiger partial charge in [-0.1, -0.05) is 24.3 Å². The van der Waals surface area contributed by atoms with Crippen LogP contribution in [0, 0.1) is 0 Å². The van der Waals surface area contributed by atoms with Crippen molar-refractivity contribution in [1.82, 2.24) is 0 Å². The molecule has 0 fully saturated rings. The van der Waals surface area contributed by atoms with Gasteiger partial charge < -0.3 is 0 Å². The summed E-state index contributed by atoms with van der Waals surface area (Å²) >= 11 is 0. The number of hydrazone groups is 1. The first-order valence-electron chi connectivity index (χ1n) is 5.15. The molecule has 1 aromatic heterocycles. The maximum Gasteiger partial charge on any atom is 0.316 e. The Morgan fingerprint density at radius 3 is 2.31 bits per heavy atom. The van der Waals surface area contributed by atoms with E-state index in [1.165, 1.54) is 0 Å². The average molecular weight is 212 g/mol. The standard InChI is InChI=1S/C13H14N3/c1-15(13-8-4-2-5-9-13)14-12-16-10-6-3-7-11-16/h2-12H,1H3/q+1. The van der Waals surface area contributed by atoms with Crippen molar-refractivity contribution in [2.24, 2.45) is 5.10 Å². The van der Waals surface area contributed by atoms with Crippen LogP contribution >= 0.6 is 0 Å². The van der Waals surface area contributed by atoms with Crippen LogP contribution in [0.1, 0.15) is 0 Å². The van der Waals surface area contributed by atoms with Crippen LogP contribution in [-0.2, 0) is 0 Å². The van der Waals surface area contributed by atoms with Gasteiger partial charge in [0.2, 0.25) is 0 Å². The number of anilines is 1. The molecule has 0 amide bonds. The number of pyridine rings is 1. The van der Waals surface area contributed by atoms with Gasteiger partial charge in [0, 0.05) is 5.10 Å². The Bertz CT molecular complexity index is 451. The van der Waals surface area contributed by atoms with Crippen molar-refractivity contribution in [1.29, 1.82) is 0 Å². The SMILES string of the molecule is CN(N=C[n+]1ccccc1)c1ccccc1. The van der Waals surface area contributed by atoms with Crippen LogP contribution in [0.2, 0.25) is 0 Å². The zero-order chi connectivity index (χ0) is 11.2. The van der Waals surface area contributed by atoms with E-state index in [0.717, 1.165) is 5.69 Å². The highest BCUT2D eigenvalue weighted by Gasteiger charge is 2.01. The Labute approximate surface area is 95.3 Å². The topological polar surface area (TPSA) is 19.5 Å². The highest BCUT2D eigenvalue weighted by molar-refractivity contribution is 5.50. The van der Waals surface area contributed by atoms with E-state index < -0.39 is 0 Å². The fourth-order valence-corrected chi connectivity index (χ4v) is 1.34. The van der Waals surface area contributed by atoms with E-state index in [0.29, 0.717) is 0 Å². The lowest BCUT2D eigenvalue weighted by Crippen LogP contribution is -2.33. The molecular formula is C13H14N3+. The van der Waals surface area contributed by atoms with Crippen LogP contribution in [0.25, 0.3) is 0 Å². The first-order chi connectivity index (χ1) is 7.86. The van der Waals surface area contributed by atoms with E-state index in [1.54, 1.807) is 6.34 Å². The Hall–Kier alpha value is -2.16. The van der Waals surface area contributed by atoms with E-state index in [-0.39, 0.29) is 0 Å². The van der Waals surface area contributed by atoms with Crippen LogP contribution in [0.4, 0.5) is 5.69 Å². The van der Waals surface area contributed by atoms with E-state index in [2.05, 4.69) is 5.10 Å². The van der Waals surface area contributed by atoms with Gasteiger partial charge in [-0.15, -0.1) is 0 Å². The number of benzene rings is 1. The second-order valence-electron chi connectivity index (χ2n) is 3.41. The minimum atomic E-state index is 1.07. The Morgan fingerprint density at radius 1 is 1.00 bits per heavy atom. The Balaban J connectivity index is 2.08. The molecule has 0 atom stereocenters. The molecule has 16 heavy (non-hydrogen) atoms. The Morgan fingerprint density at radius 2 is 1.62 bits per heavy atom. The van der Waals surface area contributed by atoms with Crippen molar-refractivity contribution in [3.8, 4) is 0 Å². The predicted octanol–water partition coefficient (Wildman–Crippen LogP) is 1.90. The van der Waals surface area contributed by atoms with Gasteiger partial charge in [-0.3, -0.25) is 0 Å². The molecule has 0 spiro atoms. The van der Waals surface area contributed by atoms with E-state index >= 15 is 0 Å². The van der Waals surface area contributed by atoms with Crippen LogP contribution in [-0.4, -0.2) is 13.4 Å². The smallest absolute Gasteiger partial charge is 0.208 e. The second-order valence-corrected chi connectivity index (χ2v) is 3.41. The minimum Gasteiger partial charge on any atom is -0.208 e. The fourth-order valence-electron chi connectivity index (χ4n) is 1.34. The van der Waals surface area contributed by atoms with Crippen molar-refractivity contribution in [2.75, 3.05) is 12.1 Å². The average Bonchev–Trinajstić information content (AvgIpc) is 2.38. The maximum atomic E-state index is 4.34. The highest BCUT2D eigenvalue weighted by atomic mass is 15.4. The summed E-state index contributed by atoms with van der Waals surface area (Å²) in [7, 11) is 1.93. The van der Waals surface area contributed by atoms with Gasteiger partial charge in [0.15, 0.2) is 0 Å². The lowest BCUT2D eigenvalue weighted by atomic mass is 10.3. The number of hydrogen-bond donors (Lipinski definition) is 0. The molecular weight excluding hydrogens is 198 g/mol. The molecule has 0 aliphatic rings. The second kappa shape index (κ2) is 5.07. The van der Waals surface area contributed by atoms with Crippen LogP contribution in [0.15, 0.2) is 66.0 Å². The van der Waals surface area contributed by atoms with Gasteiger partial charge >= 0.3 is 6.34 Å². The van der Waals surface area contributed by atoms with Crippen molar-refractivity contribution in [2.45, 2.75) is 0 Å². The molecule has 1 heterocycles. The number of aromatic nitrogens is 1. The summed E-state index contributed by atoms with van der Waals surface area (Å²) in [5.41, 5.74) is 1.07. The quantitative estimate of drug-likeness (QED) is 0.329. The van der Waals surface area contributed by atoms with Crippen molar-refractivity contribution in [3.63, 3.8) is 0 Å². The number of para-hydroxylation sites is 1. The summed E-state index contributed by atoms with van der Waals surface area (Å²) < 4.78 is 1.90. The highest BCUT2D eigenvalue weighted by Crippen LogP contribution is 2.10. The molecule has 80 valence electrons. The molecule has 0 aliphatic heterocycles. The Kier molecular flexibility index (Phi) is 3.28. The van der Waals surface area contributed by atoms with E-state index in [9.17, 15) is 0 Å². The van der Waals surface area contributed by atoms with Crippen molar-refractivity contribution in [3.05, 3.63) is 60.9 Å². The van der Waals surface area contributed by atoms with Gasteiger partial charge in [0.1, 0.15) is 0 Å². The zero-order valence-electron chi connectivity index (χ0n) is 9.19. The third-order valence-electron chi connectivity index (χ3n) is 2.23. The molecule has 0 radical (unpaired) electrons. The molecule has 0 N–H and O–H groups in total. The predicted molar refractivity (Wildman–Crippen MR) is 65.4 cm³/mol. The molecule has 0 aliphatic carbocycles. The molecule has 3 heteroatoms. The molecule has 2 rings (SSSR count). The lowest BCUT2D eigenvalue weighted by molar-refractivity contribution is -0.546. The first-order valence-corrected chi connectivity index (χ1v) is 5.15. The molecule has 0 saturated carbocycles. The summed E-state index contributed by atoms with van der Waals surface area (Å²) in [6.07, 6.45) is 5.66. The van der Waals surface area contributed by atoms with Gasteiger partial charge in [-0.25, -0.2) is 4.57 Å². The summed E-state index contributed by atoms with van der Waals surface area (Å²) in [5.74, 6) is 0. The third-order valence-corrected chi connectivity index (χ3v) is 2.23. The molecule has 2 aromatic rings. The number of nitrogens with zero attached hydrogens (tertiary/aromatic N) is 3. The largest absolute Gasteiger partial charge is 0.316 e. The van der Waals surface area contributed by atoms with Crippen molar-refractivity contribution >= 4 is 12.0 Å². The molecule has 3 nitrogen and oxygen atoms in total. The lowest BCUT2D eigenvalue weighted by Gasteiger charge is -2.04. The monoisotopic (exact) mass is 212 g/mol. The van der Waals surface area contributed by atoms with Gasteiger partial charge in [-0.2, -0.15) is 5.01 Å². The molecule has 0 unspecified atom stereocenters. The fraction of sp³-hybridized carbons (Fsp3) is 0.0769. The number of rotatable bonds is 3.